The maximum atomic E-state index is 10.7. The van der Waals surface area contributed by atoms with Gasteiger partial charge in [-0.3, -0.25) is 14.5 Å². The monoisotopic (exact) mass is 265 g/mol. The number of aryl methyl sites for hydroxylation is 1. The number of hydrogen-bond donors (Lipinski definition) is 1. The van der Waals surface area contributed by atoms with Crippen LogP contribution in [0.3, 0.4) is 0 Å². The van der Waals surface area contributed by atoms with Gasteiger partial charge in [-0.05, 0) is 26.8 Å². The van der Waals surface area contributed by atoms with Crippen molar-refractivity contribution >= 4 is 17.3 Å². The van der Waals surface area contributed by atoms with Gasteiger partial charge in [0, 0.05) is 24.9 Å². The van der Waals surface area contributed by atoms with Crippen LogP contribution >= 0.6 is 0 Å². The van der Waals surface area contributed by atoms with Gasteiger partial charge >= 0.3 is 0 Å². The van der Waals surface area contributed by atoms with E-state index in [9.17, 15) is 4.79 Å². The maximum absolute atomic E-state index is 10.7. The minimum absolute atomic E-state index is 0.268. The van der Waals surface area contributed by atoms with Crippen molar-refractivity contribution in [1.29, 1.82) is 0 Å². The molecule has 0 amide bonds. The normalized spacial score (nSPS) is 9.47. The average molecular weight is 265 g/mol. The number of carbonyl (C=O) groups excluding carboxylic acids is 1. The first-order valence-corrected chi connectivity index (χ1v) is 6.38. The number of aldehydes is 1. The summed E-state index contributed by atoms with van der Waals surface area (Å²) in [6.45, 7) is 10.0. The first-order valence-electron chi connectivity index (χ1n) is 6.38. The van der Waals surface area contributed by atoms with E-state index in [0.29, 0.717) is 5.56 Å². The highest BCUT2D eigenvalue weighted by molar-refractivity contribution is 5.84. The zero-order valence-corrected chi connectivity index (χ0v) is 12.5. The Labute approximate surface area is 114 Å². The molecule has 0 fully saturated rings. The molecular weight excluding hydrogens is 242 g/mol. The molecule has 0 aromatic carbocycles. The Kier molecular flexibility index (Phi) is 7.60. The topological polar surface area (TPSA) is 68.0 Å². The molecule has 0 saturated carbocycles. The standard InChI is InChI=1S/C11H13N3O.C2H6.CH4O/c1-7(2)14-10-4-9(6-15)5-12-11(10)8(3)13-14;2*1-2/h4-7H,1-3H3;1-2H3;2H,1H3. The van der Waals surface area contributed by atoms with Crippen LogP contribution in [0.5, 0.6) is 0 Å². The van der Waals surface area contributed by atoms with Crippen molar-refractivity contribution in [1.82, 2.24) is 14.8 Å². The number of hydrogen-bond acceptors (Lipinski definition) is 4. The Morgan fingerprint density at radius 2 is 1.89 bits per heavy atom. The molecule has 106 valence electrons. The van der Waals surface area contributed by atoms with Crippen LogP contribution in [0.2, 0.25) is 0 Å². The molecule has 2 heterocycles. The van der Waals surface area contributed by atoms with Crippen LogP contribution in [-0.4, -0.2) is 33.3 Å². The molecule has 2 aromatic heterocycles. The summed E-state index contributed by atoms with van der Waals surface area (Å²) in [4.78, 5) is 14.9. The zero-order valence-electron chi connectivity index (χ0n) is 12.5. The van der Waals surface area contributed by atoms with E-state index in [0.717, 1.165) is 30.1 Å². The number of fused-ring (bicyclic) bond motifs is 1. The number of aromatic nitrogens is 3. The van der Waals surface area contributed by atoms with Crippen LogP contribution in [0.25, 0.3) is 11.0 Å². The molecule has 0 radical (unpaired) electrons. The van der Waals surface area contributed by atoms with E-state index in [1.54, 1.807) is 6.20 Å². The lowest BCUT2D eigenvalue weighted by atomic mass is 10.2. The molecule has 5 nitrogen and oxygen atoms in total. The fraction of sp³-hybridized carbons (Fsp3) is 0.500. The second-order valence-electron chi connectivity index (χ2n) is 3.88. The van der Waals surface area contributed by atoms with Crippen molar-refractivity contribution in [3.8, 4) is 0 Å². The van der Waals surface area contributed by atoms with E-state index < -0.39 is 0 Å². The molecule has 5 heteroatoms. The lowest BCUT2D eigenvalue weighted by Gasteiger charge is -2.06. The van der Waals surface area contributed by atoms with Gasteiger partial charge in [-0.25, -0.2) is 0 Å². The molecule has 0 aliphatic carbocycles. The van der Waals surface area contributed by atoms with Crippen molar-refractivity contribution in [3.63, 3.8) is 0 Å². The van der Waals surface area contributed by atoms with E-state index in [4.69, 9.17) is 5.11 Å². The molecule has 0 spiro atoms. The third-order valence-corrected chi connectivity index (χ3v) is 2.36. The molecule has 2 aromatic rings. The van der Waals surface area contributed by atoms with Gasteiger partial charge in [-0.15, -0.1) is 0 Å². The van der Waals surface area contributed by atoms with Crippen LogP contribution in [-0.2, 0) is 0 Å². The summed E-state index contributed by atoms with van der Waals surface area (Å²) in [6.07, 6.45) is 2.38. The number of aliphatic hydroxyl groups is 1. The fourth-order valence-electron chi connectivity index (χ4n) is 1.64. The summed E-state index contributed by atoms with van der Waals surface area (Å²) in [6, 6.07) is 2.10. The Bertz CT molecular complexity index is 519. The van der Waals surface area contributed by atoms with Gasteiger partial charge in [0.1, 0.15) is 5.52 Å². The van der Waals surface area contributed by atoms with Crippen molar-refractivity contribution in [2.75, 3.05) is 7.11 Å². The van der Waals surface area contributed by atoms with E-state index in [1.165, 1.54) is 0 Å². The first kappa shape index (κ1) is 17.2. The predicted molar refractivity (Wildman–Crippen MR) is 77.5 cm³/mol. The molecule has 19 heavy (non-hydrogen) atoms. The van der Waals surface area contributed by atoms with E-state index in [2.05, 4.69) is 23.9 Å². The number of nitrogens with zero attached hydrogens (tertiary/aromatic N) is 3. The van der Waals surface area contributed by atoms with Gasteiger partial charge in [-0.1, -0.05) is 13.8 Å². The SMILES string of the molecule is CC.CO.Cc1nn(C(C)C)c2cc(C=O)cnc12. The van der Waals surface area contributed by atoms with Gasteiger partial charge in [0.15, 0.2) is 6.29 Å². The highest BCUT2D eigenvalue weighted by Crippen LogP contribution is 2.19. The predicted octanol–water partition coefficient (Wildman–Crippen LogP) is 2.77. The zero-order chi connectivity index (χ0) is 15.0. The molecule has 0 bridgehead atoms. The Balaban J connectivity index is 0.000000741. The second-order valence-corrected chi connectivity index (χ2v) is 3.88. The highest BCUT2D eigenvalue weighted by Gasteiger charge is 2.11. The van der Waals surface area contributed by atoms with Gasteiger partial charge in [0.2, 0.25) is 0 Å². The third kappa shape index (κ3) is 3.86. The van der Waals surface area contributed by atoms with Crippen LogP contribution in [0.15, 0.2) is 12.3 Å². The fourth-order valence-corrected chi connectivity index (χ4v) is 1.64. The largest absolute Gasteiger partial charge is 0.400 e. The van der Waals surface area contributed by atoms with Crippen molar-refractivity contribution in [3.05, 3.63) is 23.5 Å². The third-order valence-electron chi connectivity index (χ3n) is 2.36. The summed E-state index contributed by atoms with van der Waals surface area (Å²) in [7, 11) is 1.00. The summed E-state index contributed by atoms with van der Waals surface area (Å²) < 4.78 is 1.89. The molecule has 0 atom stereocenters. The minimum atomic E-state index is 0.268. The van der Waals surface area contributed by atoms with E-state index in [1.807, 2.05) is 31.5 Å². The van der Waals surface area contributed by atoms with Crippen molar-refractivity contribution < 1.29 is 9.90 Å². The number of pyridine rings is 1. The summed E-state index contributed by atoms with van der Waals surface area (Å²) in [5.74, 6) is 0. The maximum Gasteiger partial charge on any atom is 0.151 e. The lowest BCUT2D eigenvalue weighted by Crippen LogP contribution is -2.02. The minimum Gasteiger partial charge on any atom is -0.400 e. The second kappa shape index (κ2) is 8.37. The molecule has 0 saturated heterocycles. The van der Waals surface area contributed by atoms with Gasteiger partial charge in [0.05, 0.1) is 11.2 Å². The molecule has 2 rings (SSSR count). The number of carbonyl (C=O) groups is 1. The van der Waals surface area contributed by atoms with E-state index >= 15 is 0 Å². The van der Waals surface area contributed by atoms with Crippen molar-refractivity contribution in [2.45, 2.75) is 40.7 Å². The Morgan fingerprint density at radius 3 is 2.37 bits per heavy atom. The van der Waals surface area contributed by atoms with Crippen LogP contribution in [0, 0.1) is 6.92 Å². The molecule has 0 aliphatic heterocycles. The first-order chi connectivity index (χ1) is 9.13. The quantitative estimate of drug-likeness (QED) is 0.848. The highest BCUT2D eigenvalue weighted by atomic mass is 16.2. The number of rotatable bonds is 2. The molecule has 0 unspecified atom stereocenters. The summed E-state index contributed by atoms with van der Waals surface area (Å²) in [5, 5.41) is 11.4. The average Bonchev–Trinajstić information content (AvgIpc) is 2.80. The van der Waals surface area contributed by atoms with Gasteiger partial charge < -0.3 is 5.11 Å². The van der Waals surface area contributed by atoms with E-state index in [-0.39, 0.29) is 6.04 Å². The van der Waals surface area contributed by atoms with Crippen molar-refractivity contribution in [2.24, 2.45) is 0 Å². The Hall–Kier alpha value is -1.75. The molecule has 1 N–H and O–H groups in total. The van der Waals surface area contributed by atoms with Gasteiger partial charge in [0.25, 0.3) is 0 Å². The van der Waals surface area contributed by atoms with Crippen LogP contribution in [0.4, 0.5) is 0 Å². The number of aliphatic hydroxyl groups excluding tert-OH is 1. The van der Waals surface area contributed by atoms with Crippen LogP contribution in [0.1, 0.15) is 49.8 Å². The molecule has 0 aliphatic rings. The summed E-state index contributed by atoms with van der Waals surface area (Å²) >= 11 is 0. The Morgan fingerprint density at radius 1 is 1.32 bits per heavy atom. The van der Waals surface area contributed by atoms with Gasteiger partial charge in [-0.2, -0.15) is 5.10 Å². The molecular formula is C14H23N3O2. The smallest absolute Gasteiger partial charge is 0.151 e. The summed E-state index contributed by atoms with van der Waals surface area (Å²) in [5.41, 5.74) is 3.28. The lowest BCUT2D eigenvalue weighted by molar-refractivity contribution is 0.112. The van der Waals surface area contributed by atoms with Crippen LogP contribution < -0.4 is 0 Å².